The molecule has 4 heteroatoms. The van der Waals surface area contributed by atoms with E-state index in [2.05, 4.69) is 15.9 Å². The molecule has 0 spiro atoms. The lowest BCUT2D eigenvalue weighted by Gasteiger charge is -2.45. The highest BCUT2D eigenvalue weighted by Gasteiger charge is 2.46. The maximum absolute atomic E-state index is 12.1. The van der Waals surface area contributed by atoms with E-state index in [1.54, 1.807) is 4.90 Å². The molecule has 1 amide bonds. The predicted molar refractivity (Wildman–Crippen MR) is 83.5 cm³/mol. The van der Waals surface area contributed by atoms with E-state index in [9.17, 15) is 4.79 Å². The number of nitrogens with zero attached hydrogens (tertiary/aromatic N) is 1. The number of aryl methyl sites for hydroxylation is 1. The molecular weight excluding hydrogens is 316 g/mol. The molecule has 0 unspecified atom stereocenters. The van der Waals surface area contributed by atoms with E-state index in [1.165, 1.54) is 0 Å². The van der Waals surface area contributed by atoms with E-state index >= 15 is 0 Å². The summed E-state index contributed by atoms with van der Waals surface area (Å²) in [6, 6.07) is 15.3. The number of carbonyl (C=O) groups excluding carboxylic acids is 1. The zero-order chi connectivity index (χ0) is 14.3. The van der Waals surface area contributed by atoms with Crippen molar-refractivity contribution >= 4 is 27.5 Å². The van der Waals surface area contributed by atoms with Gasteiger partial charge < -0.3 is 10.6 Å². The van der Waals surface area contributed by atoms with Gasteiger partial charge in [-0.15, -0.1) is 0 Å². The highest BCUT2D eigenvalue weighted by Crippen LogP contribution is 2.38. The molecule has 2 N–H and O–H groups in total. The summed E-state index contributed by atoms with van der Waals surface area (Å²) in [5.41, 5.74) is 9.09. The second kappa shape index (κ2) is 5.04. The van der Waals surface area contributed by atoms with Crippen molar-refractivity contribution in [3.63, 3.8) is 0 Å². The van der Waals surface area contributed by atoms with Crippen LogP contribution in [0.4, 0.5) is 5.69 Å². The predicted octanol–water partition coefficient (Wildman–Crippen LogP) is 3.17. The largest absolute Gasteiger partial charge is 0.318 e. The van der Waals surface area contributed by atoms with Gasteiger partial charge in [0.15, 0.2) is 0 Å². The SMILES string of the molecule is Cc1cccc(N2C(=O)[C@H](N)[C@@H]2c2ccc(Br)cc2)c1. The van der Waals surface area contributed by atoms with Crippen LogP contribution in [0.2, 0.25) is 0 Å². The molecule has 3 rings (SSSR count). The number of halogens is 1. The third kappa shape index (κ3) is 2.15. The minimum atomic E-state index is -0.461. The number of carbonyl (C=O) groups is 1. The molecule has 102 valence electrons. The Balaban J connectivity index is 1.97. The molecule has 2 aromatic carbocycles. The minimum absolute atomic E-state index is 0.0245. The second-order valence-corrected chi connectivity index (χ2v) is 5.99. The normalized spacial score (nSPS) is 21.8. The number of nitrogens with two attached hydrogens (primary N) is 1. The number of β-lactam (4-membered cyclic amide) rings is 1. The van der Waals surface area contributed by atoms with E-state index in [4.69, 9.17) is 5.73 Å². The zero-order valence-electron chi connectivity index (χ0n) is 11.1. The van der Waals surface area contributed by atoms with Gasteiger partial charge in [-0.2, -0.15) is 0 Å². The molecule has 1 heterocycles. The second-order valence-electron chi connectivity index (χ2n) is 5.07. The summed E-state index contributed by atoms with van der Waals surface area (Å²) < 4.78 is 1.02. The van der Waals surface area contributed by atoms with Crippen LogP contribution >= 0.6 is 15.9 Å². The Morgan fingerprint density at radius 1 is 1.15 bits per heavy atom. The Labute approximate surface area is 126 Å². The molecule has 0 saturated carbocycles. The first-order valence-corrected chi connectivity index (χ1v) is 7.28. The highest BCUT2D eigenvalue weighted by atomic mass is 79.9. The molecule has 0 bridgehead atoms. The number of hydrogen-bond acceptors (Lipinski definition) is 2. The summed E-state index contributed by atoms with van der Waals surface area (Å²) in [7, 11) is 0. The number of hydrogen-bond donors (Lipinski definition) is 1. The minimum Gasteiger partial charge on any atom is -0.318 e. The molecule has 0 radical (unpaired) electrons. The van der Waals surface area contributed by atoms with Gasteiger partial charge in [-0.1, -0.05) is 40.2 Å². The van der Waals surface area contributed by atoms with Crippen LogP contribution in [-0.4, -0.2) is 11.9 Å². The molecule has 1 aliphatic rings. The smallest absolute Gasteiger partial charge is 0.247 e. The van der Waals surface area contributed by atoms with E-state index in [0.29, 0.717) is 0 Å². The average Bonchev–Trinajstić information content (AvgIpc) is 2.45. The van der Waals surface area contributed by atoms with Gasteiger partial charge in [-0.3, -0.25) is 4.79 Å². The number of benzene rings is 2. The van der Waals surface area contributed by atoms with Crippen molar-refractivity contribution in [1.29, 1.82) is 0 Å². The fourth-order valence-corrected chi connectivity index (χ4v) is 2.86. The summed E-state index contributed by atoms with van der Waals surface area (Å²) in [6.45, 7) is 2.02. The van der Waals surface area contributed by atoms with Crippen LogP contribution in [0.3, 0.4) is 0 Å². The summed E-state index contributed by atoms with van der Waals surface area (Å²) in [5, 5.41) is 0. The first kappa shape index (κ1) is 13.3. The summed E-state index contributed by atoms with van der Waals surface area (Å²) in [4.78, 5) is 13.9. The van der Waals surface area contributed by atoms with E-state index in [0.717, 1.165) is 21.3 Å². The molecule has 2 aromatic rings. The van der Waals surface area contributed by atoms with E-state index < -0.39 is 6.04 Å². The molecule has 3 nitrogen and oxygen atoms in total. The van der Waals surface area contributed by atoms with E-state index in [1.807, 2.05) is 55.5 Å². The monoisotopic (exact) mass is 330 g/mol. The summed E-state index contributed by atoms with van der Waals surface area (Å²) in [5.74, 6) is -0.0245. The standard InChI is InChI=1S/C16H15BrN2O/c1-10-3-2-4-13(9-10)19-15(14(18)16(19)20)11-5-7-12(17)8-6-11/h2-9,14-15H,18H2,1H3/t14-,15+/m1/s1. The maximum Gasteiger partial charge on any atom is 0.247 e. The van der Waals surface area contributed by atoms with Gasteiger partial charge in [0.1, 0.15) is 6.04 Å². The first-order valence-electron chi connectivity index (χ1n) is 6.49. The van der Waals surface area contributed by atoms with Crippen molar-refractivity contribution in [2.75, 3.05) is 4.90 Å². The van der Waals surface area contributed by atoms with Crippen molar-refractivity contribution in [2.45, 2.75) is 19.0 Å². The lowest BCUT2D eigenvalue weighted by Crippen LogP contribution is -2.63. The molecular formula is C16H15BrN2O. The molecule has 2 atom stereocenters. The average molecular weight is 331 g/mol. The van der Waals surface area contributed by atoms with Gasteiger partial charge in [0, 0.05) is 10.2 Å². The van der Waals surface area contributed by atoms with Gasteiger partial charge in [0.2, 0.25) is 5.91 Å². The lowest BCUT2D eigenvalue weighted by atomic mass is 9.88. The van der Waals surface area contributed by atoms with Crippen molar-refractivity contribution in [3.05, 3.63) is 64.1 Å². The van der Waals surface area contributed by atoms with Crippen LogP contribution in [0, 0.1) is 6.92 Å². The Morgan fingerprint density at radius 2 is 1.85 bits per heavy atom. The Morgan fingerprint density at radius 3 is 2.50 bits per heavy atom. The number of rotatable bonds is 2. The van der Waals surface area contributed by atoms with Crippen LogP contribution < -0.4 is 10.6 Å². The third-order valence-electron chi connectivity index (χ3n) is 3.63. The van der Waals surface area contributed by atoms with Gasteiger partial charge in [-0.25, -0.2) is 0 Å². The van der Waals surface area contributed by atoms with Crippen LogP contribution in [-0.2, 0) is 4.79 Å². The van der Waals surface area contributed by atoms with Crippen LogP contribution in [0.1, 0.15) is 17.2 Å². The van der Waals surface area contributed by atoms with E-state index in [-0.39, 0.29) is 11.9 Å². The van der Waals surface area contributed by atoms with Gasteiger partial charge >= 0.3 is 0 Å². The Kier molecular flexibility index (Phi) is 3.36. The van der Waals surface area contributed by atoms with Crippen LogP contribution in [0.25, 0.3) is 0 Å². The molecule has 0 aromatic heterocycles. The maximum atomic E-state index is 12.1. The first-order chi connectivity index (χ1) is 9.58. The van der Waals surface area contributed by atoms with Crippen LogP contribution in [0.5, 0.6) is 0 Å². The molecule has 0 aliphatic carbocycles. The molecule has 20 heavy (non-hydrogen) atoms. The topological polar surface area (TPSA) is 46.3 Å². The Hall–Kier alpha value is -1.65. The molecule has 1 saturated heterocycles. The lowest BCUT2D eigenvalue weighted by molar-refractivity contribution is -0.126. The fraction of sp³-hybridized carbons (Fsp3) is 0.188. The summed E-state index contributed by atoms with van der Waals surface area (Å²) in [6.07, 6.45) is 0. The van der Waals surface area contributed by atoms with Crippen molar-refractivity contribution < 1.29 is 4.79 Å². The van der Waals surface area contributed by atoms with Gasteiger partial charge in [0.05, 0.1) is 6.04 Å². The van der Waals surface area contributed by atoms with Gasteiger partial charge in [0.25, 0.3) is 0 Å². The van der Waals surface area contributed by atoms with Crippen molar-refractivity contribution in [3.8, 4) is 0 Å². The van der Waals surface area contributed by atoms with Crippen LogP contribution in [0.15, 0.2) is 53.0 Å². The summed E-state index contributed by atoms with van der Waals surface area (Å²) >= 11 is 3.42. The number of amides is 1. The van der Waals surface area contributed by atoms with Crippen molar-refractivity contribution in [1.82, 2.24) is 0 Å². The van der Waals surface area contributed by atoms with Gasteiger partial charge in [-0.05, 0) is 42.3 Å². The highest BCUT2D eigenvalue weighted by molar-refractivity contribution is 9.10. The molecule has 1 fully saturated rings. The third-order valence-corrected chi connectivity index (χ3v) is 4.16. The zero-order valence-corrected chi connectivity index (χ0v) is 12.7. The van der Waals surface area contributed by atoms with Crippen molar-refractivity contribution in [2.24, 2.45) is 5.73 Å². The fourth-order valence-electron chi connectivity index (χ4n) is 2.59. The molecule has 1 aliphatic heterocycles. The number of anilines is 1. The Bertz CT molecular complexity index is 654. The quantitative estimate of drug-likeness (QED) is 0.859.